The van der Waals surface area contributed by atoms with Gasteiger partial charge in [-0.15, -0.1) is 0 Å². The van der Waals surface area contributed by atoms with Gasteiger partial charge in [0, 0.05) is 20.1 Å². The summed E-state index contributed by atoms with van der Waals surface area (Å²) in [6.07, 6.45) is 0.866. The number of fused-ring (bicyclic) bond motifs is 1. The second kappa shape index (κ2) is 8.63. The third kappa shape index (κ3) is 4.83. The molecule has 1 aromatic heterocycles. The molecule has 28 heavy (non-hydrogen) atoms. The van der Waals surface area contributed by atoms with E-state index in [9.17, 15) is 4.39 Å². The van der Waals surface area contributed by atoms with Crippen LogP contribution in [0.5, 0.6) is 0 Å². The highest BCUT2D eigenvalue weighted by atomic mass is 127. The number of aromatic nitrogens is 2. The molecular weight excluding hydrogens is 482 g/mol. The SMILES string of the molecule is CCc1cc(C)c(F)cc1-c1ccc2c(I)nn(COCC[Si](C)(C)C)c2c1. The predicted octanol–water partition coefficient (Wildman–Crippen LogP) is 6.63. The maximum Gasteiger partial charge on any atom is 0.140 e. The minimum absolute atomic E-state index is 0.162. The van der Waals surface area contributed by atoms with Crippen molar-refractivity contribution >= 4 is 41.6 Å². The van der Waals surface area contributed by atoms with Gasteiger partial charge in [-0.05, 0) is 82.4 Å². The molecule has 3 aromatic rings. The first kappa shape index (κ1) is 21.5. The third-order valence-corrected chi connectivity index (χ3v) is 7.49. The zero-order valence-electron chi connectivity index (χ0n) is 17.3. The van der Waals surface area contributed by atoms with Gasteiger partial charge < -0.3 is 4.74 Å². The van der Waals surface area contributed by atoms with E-state index in [1.807, 2.05) is 17.7 Å². The zero-order chi connectivity index (χ0) is 20.5. The molecule has 150 valence electrons. The molecule has 0 aliphatic carbocycles. The van der Waals surface area contributed by atoms with Gasteiger partial charge in [0.05, 0.1) is 5.52 Å². The summed E-state index contributed by atoms with van der Waals surface area (Å²) in [4.78, 5) is 0. The van der Waals surface area contributed by atoms with Crippen LogP contribution >= 0.6 is 22.6 Å². The number of ether oxygens (including phenoxy) is 1. The molecule has 0 bridgehead atoms. The van der Waals surface area contributed by atoms with E-state index in [-0.39, 0.29) is 5.82 Å². The van der Waals surface area contributed by atoms with E-state index in [0.717, 1.165) is 50.4 Å². The highest BCUT2D eigenvalue weighted by Crippen LogP contribution is 2.31. The molecule has 2 aromatic carbocycles. The second-order valence-electron chi connectivity index (χ2n) is 8.48. The molecule has 0 atom stereocenters. The first-order chi connectivity index (χ1) is 13.2. The van der Waals surface area contributed by atoms with Crippen LogP contribution in [0.15, 0.2) is 30.3 Å². The van der Waals surface area contributed by atoms with Crippen molar-refractivity contribution in [3.8, 4) is 11.1 Å². The van der Waals surface area contributed by atoms with Gasteiger partial charge in [-0.3, -0.25) is 0 Å². The van der Waals surface area contributed by atoms with E-state index in [2.05, 4.69) is 72.5 Å². The lowest BCUT2D eigenvalue weighted by atomic mass is 9.95. The molecule has 0 fully saturated rings. The Bertz CT molecular complexity index is 994. The van der Waals surface area contributed by atoms with E-state index in [1.54, 1.807) is 6.07 Å². The quantitative estimate of drug-likeness (QED) is 0.203. The predicted molar refractivity (Wildman–Crippen MR) is 126 cm³/mol. The van der Waals surface area contributed by atoms with Crippen LogP contribution in [0, 0.1) is 16.4 Å². The second-order valence-corrected chi connectivity index (χ2v) is 15.1. The van der Waals surface area contributed by atoms with Gasteiger partial charge in [-0.25, -0.2) is 9.07 Å². The summed E-state index contributed by atoms with van der Waals surface area (Å²) in [5, 5.41) is 5.75. The summed E-state index contributed by atoms with van der Waals surface area (Å²) >= 11 is 2.26. The minimum atomic E-state index is -1.11. The summed E-state index contributed by atoms with van der Waals surface area (Å²) in [7, 11) is -1.11. The van der Waals surface area contributed by atoms with E-state index in [0.29, 0.717) is 12.3 Å². The lowest BCUT2D eigenvalue weighted by Crippen LogP contribution is -2.22. The normalized spacial score (nSPS) is 12.1. The zero-order valence-corrected chi connectivity index (χ0v) is 20.4. The van der Waals surface area contributed by atoms with Crippen LogP contribution in [-0.2, 0) is 17.9 Å². The summed E-state index contributed by atoms with van der Waals surface area (Å²) in [5.41, 5.74) is 4.85. The molecule has 0 saturated heterocycles. The number of hydrogen-bond donors (Lipinski definition) is 0. The Kier molecular flexibility index (Phi) is 6.61. The van der Waals surface area contributed by atoms with Crippen molar-refractivity contribution < 1.29 is 9.13 Å². The van der Waals surface area contributed by atoms with Crippen molar-refractivity contribution in [2.24, 2.45) is 0 Å². The first-order valence-electron chi connectivity index (χ1n) is 9.73. The smallest absolute Gasteiger partial charge is 0.140 e. The number of benzene rings is 2. The van der Waals surface area contributed by atoms with Crippen LogP contribution < -0.4 is 0 Å². The molecule has 1 heterocycles. The van der Waals surface area contributed by atoms with Crippen LogP contribution in [0.1, 0.15) is 18.1 Å². The van der Waals surface area contributed by atoms with Gasteiger partial charge in [0.25, 0.3) is 0 Å². The maximum absolute atomic E-state index is 14.2. The Morgan fingerprint density at radius 1 is 1.18 bits per heavy atom. The summed E-state index contributed by atoms with van der Waals surface area (Å²) in [6.45, 7) is 12.2. The van der Waals surface area contributed by atoms with E-state index < -0.39 is 8.07 Å². The highest BCUT2D eigenvalue weighted by Gasteiger charge is 2.15. The van der Waals surface area contributed by atoms with Crippen LogP contribution in [0.2, 0.25) is 25.7 Å². The lowest BCUT2D eigenvalue weighted by molar-refractivity contribution is 0.0814. The van der Waals surface area contributed by atoms with Crippen LogP contribution in [0.3, 0.4) is 0 Å². The Morgan fingerprint density at radius 2 is 1.93 bits per heavy atom. The molecule has 0 spiro atoms. The molecule has 0 amide bonds. The standard InChI is InChI=1S/C22H28FIN2OSi/c1-6-16-11-15(2)20(23)13-19(16)17-7-8-18-21(12-17)26(25-22(18)24)14-27-9-10-28(3,4)5/h7-8,11-13H,6,9-10,14H2,1-5H3. The molecule has 3 rings (SSSR count). The average molecular weight is 510 g/mol. The molecular formula is C22H28FIN2OSi. The van der Waals surface area contributed by atoms with Gasteiger partial charge in [0.15, 0.2) is 0 Å². The lowest BCUT2D eigenvalue weighted by Gasteiger charge is -2.15. The average Bonchev–Trinajstić information content (AvgIpc) is 2.95. The number of nitrogens with zero attached hydrogens (tertiary/aromatic N) is 2. The molecule has 0 N–H and O–H groups in total. The summed E-state index contributed by atoms with van der Waals surface area (Å²) < 4.78 is 23.0. The van der Waals surface area contributed by atoms with Gasteiger partial charge in [0.1, 0.15) is 16.2 Å². The number of aryl methyl sites for hydroxylation is 2. The summed E-state index contributed by atoms with van der Waals surface area (Å²) in [6, 6.07) is 11.0. The molecule has 0 aliphatic heterocycles. The molecule has 6 heteroatoms. The molecule has 3 nitrogen and oxygen atoms in total. The molecule has 0 unspecified atom stereocenters. The van der Waals surface area contributed by atoms with Gasteiger partial charge in [0.2, 0.25) is 0 Å². The van der Waals surface area contributed by atoms with Crippen molar-refractivity contribution in [1.29, 1.82) is 0 Å². The fraction of sp³-hybridized carbons (Fsp3) is 0.409. The van der Waals surface area contributed by atoms with Crippen molar-refractivity contribution in [2.45, 2.75) is 52.7 Å². The highest BCUT2D eigenvalue weighted by molar-refractivity contribution is 14.1. The number of rotatable bonds is 7. The molecule has 0 radical (unpaired) electrons. The first-order valence-corrected chi connectivity index (χ1v) is 14.5. The molecule has 0 aliphatic rings. The van der Waals surface area contributed by atoms with Gasteiger partial charge in [-0.1, -0.05) is 38.7 Å². The Morgan fingerprint density at radius 3 is 2.61 bits per heavy atom. The fourth-order valence-corrected chi connectivity index (χ4v) is 4.70. The van der Waals surface area contributed by atoms with E-state index >= 15 is 0 Å². The number of halogens is 2. The van der Waals surface area contributed by atoms with Crippen molar-refractivity contribution in [1.82, 2.24) is 9.78 Å². The molecule has 0 saturated carbocycles. The van der Waals surface area contributed by atoms with Crippen LogP contribution in [-0.4, -0.2) is 24.5 Å². The Hall–Kier alpha value is -1.25. The van der Waals surface area contributed by atoms with Gasteiger partial charge in [-0.2, -0.15) is 5.10 Å². The summed E-state index contributed by atoms with van der Waals surface area (Å²) in [5.74, 6) is -0.162. The third-order valence-electron chi connectivity index (χ3n) is 4.99. The Labute approximate surface area is 181 Å². The van der Waals surface area contributed by atoms with Crippen molar-refractivity contribution in [3.05, 3.63) is 51.0 Å². The largest absolute Gasteiger partial charge is 0.360 e. The topological polar surface area (TPSA) is 27.1 Å². The van der Waals surface area contributed by atoms with Crippen LogP contribution in [0.25, 0.3) is 22.0 Å². The van der Waals surface area contributed by atoms with Crippen LogP contribution in [0.4, 0.5) is 4.39 Å². The van der Waals surface area contributed by atoms with E-state index in [1.165, 1.54) is 0 Å². The fourth-order valence-electron chi connectivity index (χ4n) is 3.23. The minimum Gasteiger partial charge on any atom is -0.360 e. The van der Waals surface area contributed by atoms with Gasteiger partial charge >= 0.3 is 0 Å². The van der Waals surface area contributed by atoms with Crippen molar-refractivity contribution in [2.75, 3.05) is 6.61 Å². The number of hydrogen-bond acceptors (Lipinski definition) is 2. The van der Waals surface area contributed by atoms with Crippen molar-refractivity contribution in [3.63, 3.8) is 0 Å². The maximum atomic E-state index is 14.2. The van der Waals surface area contributed by atoms with E-state index in [4.69, 9.17) is 4.74 Å². The Balaban J connectivity index is 1.94. The monoisotopic (exact) mass is 510 g/mol.